The predicted octanol–water partition coefficient (Wildman–Crippen LogP) is 2.81. The van der Waals surface area contributed by atoms with Crippen LogP contribution in [0.3, 0.4) is 0 Å². The lowest BCUT2D eigenvalue weighted by molar-refractivity contribution is -0.121. The number of nitrogens with one attached hydrogen (secondary N) is 1. The second kappa shape index (κ2) is 7.51. The normalized spacial score (nSPS) is 13.0. The first-order valence-electron chi connectivity index (χ1n) is 8.73. The summed E-state index contributed by atoms with van der Waals surface area (Å²) in [6.45, 7) is 2.68. The van der Waals surface area contributed by atoms with Gasteiger partial charge >= 0.3 is 0 Å². The van der Waals surface area contributed by atoms with Crippen molar-refractivity contribution in [2.24, 2.45) is 0 Å². The first kappa shape index (κ1) is 17.2. The zero-order valence-corrected chi connectivity index (χ0v) is 14.8. The molecule has 4 heteroatoms. The number of anilines is 1. The minimum atomic E-state index is 0.0811. The lowest BCUT2D eigenvalue weighted by Gasteiger charge is -2.11. The highest BCUT2D eigenvalue weighted by atomic mass is 16.2. The standard InChI is InChI=1S/C21H24N2O2/c1-15-4-3-5-16(12-15)7-9-20(24)22-11-10-17-6-8-19-18(13-17)14-21(25)23(19)2/h3-6,8,12-13H,7,9-11,14H2,1-2H3,(H,22,24). The van der Waals surface area contributed by atoms with E-state index in [0.29, 0.717) is 19.4 Å². The maximum absolute atomic E-state index is 12.0. The Labute approximate surface area is 148 Å². The predicted molar refractivity (Wildman–Crippen MR) is 99.8 cm³/mol. The minimum Gasteiger partial charge on any atom is -0.356 e. The lowest BCUT2D eigenvalue weighted by atomic mass is 10.1. The summed E-state index contributed by atoms with van der Waals surface area (Å²) in [4.78, 5) is 25.4. The molecular formula is C21H24N2O2. The van der Waals surface area contributed by atoms with Gasteiger partial charge in [0.15, 0.2) is 0 Å². The van der Waals surface area contributed by atoms with Gasteiger partial charge in [0.1, 0.15) is 0 Å². The van der Waals surface area contributed by atoms with Gasteiger partial charge < -0.3 is 10.2 Å². The van der Waals surface area contributed by atoms with Crippen LogP contribution in [0.1, 0.15) is 28.7 Å². The third kappa shape index (κ3) is 4.27. The van der Waals surface area contributed by atoms with E-state index in [1.54, 1.807) is 4.90 Å². The van der Waals surface area contributed by atoms with Gasteiger partial charge in [-0.1, -0.05) is 42.0 Å². The molecule has 0 radical (unpaired) electrons. The molecule has 0 unspecified atom stereocenters. The molecule has 3 rings (SSSR count). The lowest BCUT2D eigenvalue weighted by Crippen LogP contribution is -2.25. The van der Waals surface area contributed by atoms with Gasteiger partial charge in [0.25, 0.3) is 0 Å². The van der Waals surface area contributed by atoms with Gasteiger partial charge in [0.05, 0.1) is 6.42 Å². The fourth-order valence-corrected chi connectivity index (χ4v) is 3.24. The Hall–Kier alpha value is -2.62. The molecule has 2 aromatic rings. The van der Waals surface area contributed by atoms with Crippen molar-refractivity contribution in [1.82, 2.24) is 5.32 Å². The van der Waals surface area contributed by atoms with Crippen LogP contribution in [0.4, 0.5) is 5.69 Å². The molecule has 0 atom stereocenters. The van der Waals surface area contributed by atoms with Crippen LogP contribution < -0.4 is 10.2 Å². The molecule has 0 saturated carbocycles. The molecule has 2 aromatic carbocycles. The van der Waals surface area contributed by atoms with Crippen LogP contribution in [-0.2, 0) is 28.9 Å². The Bertz CT molecular complexity index is 798. The molecule has 1 N–H and O–H groups in total. The molecule has 25 heavy (non-hydrogen) atoms. The summed E-state index contributed by atoms with van der Waals surface area (Å²) in [5, 5.41) is 2.98. The Morgan fingerprint density at radius 1 is 1.12 bits per heavy atom. The number of fused-ring (bicyclic) bond motifs is 1. The highest BCUT2D eigenvalue weighted by Gasteiger charge is 2.23. The first-order chi connectivity index (χ1) is 12.0. The second-order valence-electron chi connectivity index (χ2n) is 6.68. The molecule has 0 spiro atoms. The Morgan fingerprint density at radius 2 is 1.92 bits per heavy atom. The number of hydrogen-bond donors (Lipinski definition) is 1. The van der Waals surface area contributed by atoms with Gasteiger partial charge in [-0.3, -0.25) is 9.59 Å². The van der Waals surface area contributed by atoms with Crippen molar-refractivity contribution >= 4 is 17.5 Å². The highest BCUT2D eigenvalue weighted by Crippen LogP contribution is 2.28. The molecule has 1 heterocycles. The van der Waals surface area contributed by atoms with Gasteiger partial charge in [-0.25, -0.2) is 0 Å². The number of likely N-dealkylation sites (N-methyl/N-ethyl adjacent to an activating group) is 1. The van der Waals surface area contributed by atoms with Gasteiger partial charge in [0, 0.05) is 25.7 Å². The molecule has 2 amide bonds. The van der Waals surface area contributed by atoms with E-state index in [9.17, 15) is 9.59 Å². The van der Waals surface area contributed by atoms with Crippen LogP contribution >= 0.6 is 0 Å². The van der Waals surface area contributed by atoms with E-state index < -0.39 is 0 Å². The number of rotatable bonds is 6. The summed E-state index contributed by atoms with van der Waals surface area (Å²) in [7, 11) is 1.81. The highest BCUT2D eigenvalue weighted by molar-refractivity contribution is 6.00. The van der Waals surface area contributed by atoms with E-state index in [1.165, 1.54) is 11.1 Å². The van der Waals surface area contributed by atoms with Crippen LogP contribution in [0.2, 0.25) is 0 Å². The number of carbonyl (C=O) groups is 2. The smallest absolute Gasteiger partial charge is 0.231 e. The summed E-state index contributed by atoms with van der Waals surface area (Å²) < 4.78 is 0. The summed E-state index contributed by atoms with van der Waals surface area (Å²) in [6.07, 6.45) is 2.53. The topological polar surface area (TPSA) is 49.4 Å². The zero-order chi connectivity index (χ0) is 17.8. The van der Waals surface area contributed by atoms with Crippen molar-refractivity contribution in [2.75, 3.05) is 18.5 Å². The fraction of sp³-hybridized carbons (Fsp3) is 0.333. The van der Waals surface area contributed by atoms with Crippen LogP contribution in [0.15, 0.2) is 42.5 Å². The van der Waals surface area contributed by atoms with E-state index in [-0.39, 0.29) is 11.8 Å². The Balaban J connectivity index is 1.44. The van der Waals surface area contributed by atoms with Gasteiger partial charge in [-0.15, -0.1) is 0 Å². The van der Waals surface area contributed by atoms with Crippen molar-refractivity contribution < 1.29 is 9.59 Å². The average Bonchev–Trinajstić information content (AvgIpc) is 2.87. The quantitative estimate of drug-likeness (QED) is 0.882. The summed E-state index contributed by atoms with van der Waals surface area (Å²) >= 11 is 0. The molecule has 0 aliphatic carbocycles. The molecule has 4 nitrogen and oxygen atoms in total. The summed E-state index contributed by atoms with van der Waals surface area (Å²) in [5.41, 5.74) is 5.65. The molecule has 0 saturated heterocycles. The molecular weight excluding hydrogens is 312 g/mol. The first-order valence-corrected chi connectivity index (χ1v) is 8.73. The number of hydrogen-bond acceptors (Lipinski definition) is 2. The second-order valence-corrected chi connectivity index (χ2v) is 6.68. The zero-order valence-electron chi connectivity index (χ0n) is 14.8. The van der Waals surface area contributed by atoms with E-state index in [2.05, 4.69) is 36.5 Å². The van der Waals surface area contributed by atoms with E-state index in [4.69, 9.17) is 0 Å². The fourth-order valence-electron chi connectivity index (χ4n) is 3.24. The number of benzene rings is 2. The van der Waals surface area contributed by atoms with Crippen molar-refractivity contribution in [3.05, 3.63) is 64.7 Å². The van der Waals surface area contributed by atoms with Gasteiger partial charge in [-0.2, -0.15) is 0 Å². The largest absolute Gasteiger partial charge is 0.356 e. The van der Waals surface area contributed by atoms with Gasteiger partial charge in [0.2, 0.25) is 11.8 Å². The number of amides is 2. The number of carbonyl (C=O) groups excluding carboxylic acids is 2. The Kier molecular flexibility index (Phi) is 5.17. The van der Waals surface area contributed by atoms with Crippen LogP contribution in [0, 0.1) is 6.92 Å². The third-order valence-corrected chi connectivity index (χ3v) is 4.68. The van der Waals surface area contributed by atoms with Crippen molar-refractivity contribution in [2.45, 2.75) is 32.6 Å². The molecule has 1 aliphatic heterocycles. The third-order valence-electron chi connectivity index (χ3n) is 4.68. The van der Waals surface area contributed by atoms with Crippen LogP contribution in [0.5, 0.6) is 0 Å². The monoisotopic (exact) mass is 336 g/mol. The maximum Gasteiger partial charge on any atom is 0.231 e. The molecule has 0 aromatic heterocycles. The number of aryl methyl sites for hydroxylation is 2. The molecule has 1 aliphatic rings. The van der Waals surface area contributed by atoms with Crippen LogP contribution in [-0.4, -0.2) is 25.4 Å². The van der Waals surface area contributed by atoms with Crippen LogP contribution in [0.25, 0.3) is 0 Å². The SMILES string of the molecule is Cc1cccc(CCC(=O)NCCc2ccc3c(c2)CC(=O)N3C)c1. The van der Waals surface area contributed by atoms with Gasteiger partial charge in [-0.05, 0) is 42.5 Å². The summed E-state index contributed by atoms with van der Waals surface area (Å²) in [5.74, 6) is 0.217. The minimum absolute atomic E-state index is 0.0811. The number of nitrogens with zero attached hydrogens (tertiary/aromatic N) is 1. The van der Waals surface area contributed by atoms with E-state index in [0.717, 1.165) is 29.7 Å². The van der Waals surface area contributed by atoms with Crippen molar-refractivity contribution in [3.8, 4) is 0 Å². The maximum atomic E-state index is 12.0. The Morgan fingerprint density at radius 3 is 2.72 bits per heavy atom. The van der Waals surface area contributed by atoms with E-state index >= 15 is 0 Å². The van der Waals surface area contributed by atoms with Crippen molar-refractivity contribution in [3.63, 3.8) is 0 Å². The van der Waals surface area contributed by atoms with Crippen molar-refractivity contribution in [1.29, 1.82) is 0 Å². The molecule has 130 valence electrons. The average molecular weight is 336 g/mol. The molecule has 0 fully saturated rings. The molecule has 0 bridgehead atoms. The van der Waals surface area contributed by atoms with E-state index in [1.807, 2.05) is 25.2 Å². The summed E-state index contributed by atoms with van der Waals surface area (Å²) in [6, 6.07) is 14.4.